The zero-order valence-corrected chi connectivity index (χ0v) is 13.0. The molecule has 21 heavy (non-hydrogen) atoms. The number of nitro benzene ring substituents is 1. The van der Waals surface area contributed by atoms with Crippen LogP contribution >= 0.6 is 23.4 Å². The van der Waals surface area contributed by atoms with E-state index in [-0.39, 0.29) is 10.7 Å². The lowest BCUT2D eigenvalue weighted by Crippen LogP contribution is -2.47. The molecule has 1 N–H and O–H groups in total. The van der Waals surface area contributed by atoms with E-state index in [9.17, 15) is 23.8 Å². The van der Waals surface area contributed by atoms with Gasteiger partial charge >= 0.3 is 0 Å². The van der Waals surface area contributed by atoms with E-state index in [1.54, 1.807) is 0 Å². The molecule has 0 radical (unpaired) electrons. The molecule has 2 rings (SSSR count). The average molecular weight is 348 g/mol. The Hall–Kier alpha value is -1.34. The highest BCUT2D eigenvalue weighted by atomic mass is 35.5. The normalized spacial score (nSPS) is 21.9. The van der Waals surface area contributed by atoms with Crippen LogP contribution in [0.2, 0.25) is 5.02 Å². The Morgan fingerprint density at radius 2 is 2.24 bits per heavy atom. The van der Waals surface area contributed by atoms with Crippen molar-refractivity contribution in [3.05, 3.63) is 33.3 Å². The van der Waals surface area contributed by atoms with Crippen LogP contribution in [0.25, 0.3) is 0 Å². The molecule has 0 bridgehead atoms. The fraction of sp³-hybridized carbons (Fsp3) is 0.364. The zero-order valence-electron chi connectivity index (χ0n) is 10.6. The zero-order chi connectivity index (χ0) is 15.7. The summed E-state index contributed by atoms with van der Waals surface area (Å²) in [5.74, 6) is 0.994. The quantitative estimate of drug-likeness (QED) is 0.657. The van der Waals surface area contributed by atoms with Gasteiger partial charge in [-0.1, -0.05) is 11.6 Å². The number of nitrogens with zero attached hydrogens (tertiary/aromatic N) is 2. The molecule has 1 aromatic rings. The maximum Gasteiger partial charge on any atom is 0.270 e. The number of sulfonamides is 1. The largest absolute Gasteiger partial charge is 0.270 e. The number of nitrogens with one attached hydrogen (secondary N) is 1. The average Bonchev–Trinajstić information content (AvgIpc) is 2.87. The van der Waals surface area contributed by atoms with Gasteiger partial charge in [0.2, 0.25) is 10.0 Å². The monoisotopic (exact) mass is 347 g/mol. The van der Waals surface area contributed by atoms with E-state index >= 15 is 0 Å². The van der Waals surface area contributed by atoms with Crippen molar-refractivity contribution in [2.24, 2.45) is 0 Å². The van der Waals surface area contributed by atoms with Gasteiger partial charge in [-0.05, 0) is 18.2 Å². The maximum atomic E-state index is 12.4. The van der Waals surface area contributed by atoms with Gasteiger partial charge in [-0.2, -0.15) is 21.7 Å². The van der Waals surface area contributed by atoms with Crippen molar-refractivity contribution >= 4 is 39.1 Å². The van der Waals surface area contributed by atoms with Gasteiger partial charge < -0.3 is 0 Å². The Labute approximate surface area is 130 Å². The van der Waals surface area contributed by atoms with Crippen LogP contribution < -0.4 is 4.72 Å². The van der Waals surface area contributed by atoms with E-state index < -0.39 is 25.4 Å². The summed E-state index contributed by atoms with van der Waals surface area (Å²) in [7, 11) is -4.12. The topological polar surface area (TPSA) is 113 Å². The second kappa shape index (κ2) is 5.81. The summed E-state index contributed by atoms with van der Waals surface area (Å²) in [6.45, 7) is 0. The van der Waals surface area contributed by atoms with Crippen LogP contribution in [-0.2, 0) is 10.0 Å². The fourth-order valence-corrected chi connectivity index (χ4v) is 5.11. The molecule has 0 amide bonds. The Balaban J connectivity index is 2.42. The number of hydrogen-bond acceptors (Lipinski definition) is 6. The van der Waals surface area contributed by atoms with Crippen molar-refractivity contribution in [1.82, 2.24) is 4.72 Å². The Morgan fingerprint density at radius 1 is 1.52 bits per heavy atom. The van der Waals surface area contributed by atoms with Crippen molar-refractivity contribution in [2.75, 3.05) is 11.5 Å². The number of hydrogen-bond donors (Lipinski definition) is 1. The summed E-state index contributed by atoms with van der Waals surface area (Å²) in [5.41, 5.74) is -1.58. The van der Waals surface area contributed by atoms with Gasteiger partial charge in [0.1, 0.15) is 10.4 Å². The van der Waals surface area contributed by atoms with Crippen LogP contribution in [0, 0.1) is 21.4 Å². The first-order chi connectivity index (χ1) is 9.80. The first kappa shape index (κ1) is 16.0. The summed E-state index contributed by atoms with van der Waals surface area (Å²) >= 11 is 7.29. The molecule has 0 aliphatic carbocycles. The van der Waals surface area contributed by atoms with Crippen molar-refractivity contribution < 1.29 is 13.3 Å². The van der Waals surface area contributed by atoms with Crippen molar-refractivity contribution in [1.29, 1.82) is 5.26 Å². The minimum atomic E-state index is -4.12. The molecule has 0 spiro atoms. The van der Waals surface area contributed by atoms with E-state index in [0.717, 1.165) is 18.2 Å². The number of nitriles is 1. The van der Waals surface area contributed by atoms with Crippen LogP contribution in [0.4, 0.5) is 5.69 Å². The van der Waals surface area contributed by atoms with Crippen molar-refractivity contribution in [3.8, 4) is 6.07 Å². The molecule has 112 valence electrons. The Bertz CT molecular complexity index is 723. The highest BCUT2D eigenvalue weighted by molar-refractivity contribution is 7.99. The van der Waals surface area contributed by atoms with Crippen LogP contribution in [0.1, 0.15) is 6.42 Å². The molecular formula is C11H10ClN3O4S2. The Kier molecular flexibility index (Phi) is 4.43. The van der Waals surface area contributed by atoms with Crippen molar-refractivity contribution in [3.63, 3.8) is 0 Å². The number of thioether (sulfide) groups is 1. The summed E-state index contributed by atoms with van der Waals surface area (Å²) in [5, 5.41) is 19.8. The second-order valence-electron chi connectivity index (χ2n) is 4.47. The number of nitro groups is 1. The van der Waals surface area contributed by atoms with E-state index in [1.807, 2.05) is 6.07 Å². The van der Waals surface area contributed by atoms with Gasteiger partial charge in [0.05, 0.1) is 16.0 Å². The van der Waals surface area contributed by atoms with Gasteiger partial charge in [0, 0.05) is 17.9 Å². The first-order valence-electron chi connectivity index (χ1n) is 5.77. The highest BCUT2D eigenvalue weighted by Gasteiger charge is 2.39. The molecule has 0 aromatic heterocycles. The third-order valence-corrected chi connectivity index (χ3v) is 6.19. The van der Waals surface area contributed by atoms with Gasteiger partial charge in [-0.3, -0.25) is 10.1 Å². The third-order valence-electron chi connectivity index (χ3n) is 2.98. The van der Waals surface area contributed by atoms with Gasteiger partial charge in [0.15, 0.2) is 0 Å². The SMILES string of the molecule is N#CC1(NS(=O)(=O)c2cc([N+](=O)[O-])ccc2Cl)CCSC1. The lowest BCUT2D eigenvalue weighted by atomic mass is 10.0. The van der Waals surface area contributed by atoms with Gasteiger partial charge in [0.25, 0.3) is 5.69 Å². The number of non-ortho nitro benzene ring substituents is 1. The summed E-state index contributed by atoms with van der Waals surface area (Å²) < 4.78 is 27.1. The number of halogens is 1. The minimum Gasteiger partial charge on any atom is -0.258 e. The first-order valence-corrected chi connectivity index (χ1v) is 8.78. The predicted molar refractivity (Wildman–Crippen MR) is 78.7 cm³/mol. The smallest absolute Gasteiger partial charge is 0.258 e. The van der Waals surface area contributed by atoms with E-state index in [1.165, 1.54) is 11.8 Å². The van der Waals surface area contributed by atoms with Gasteiger partial charge in [-0.25, -0.2) is 8.42 Å². The molecule has 1 saturated heterocycles. The number of benzene rings is 1. The molecule has 1 aliphatic rings. The molecule has 1 aliphatic heterocycles. The third kappa shape index (κ3) is 3.29. The molecular weight excluding hydrogens is 338 g/mol. The highest BCUT2D eigenvalue weighted by Crippen LogP contribution is 2.31. The van der Waals surface area contributed by atoms with Crippen LogP contribution in [0.5, 0.6) is 0 Å². The predicted octanol–water partition coefficient (Wildman–Crippen LogP) is 1.93. The molecule has 1 atom stereocenters. The molecule has 1 aromatic carbocycles. The minimum absolute atomic E-state index is 0.133. The molecule has 7 nitrogen and oxygen atoms in total. The molecule has 1 fully saturated rings. The van der Waals surface area contributed by atoms with E-state index in [4.69, 9.17) is 11.6 Å². The molecule has 0 saturated carbocycles. The molecule has 10 heteroatoms. The number of rotatable bonds is 4. The standard InChI is InChI=1S/C11H10ClN3O4S2/c12-9-2-1-8(15(16)17)5-10(9)21(18,19)14-11(6-13)3-4-20-7-11/h1-2,5,14H,3-4,7H2. The van der Waals surface area contributed by atoms with E-state index in [0.29, 0.717) is 17.9 Å². The fourth-order valence-electron chi connectivity index (χ4n) is 1.88. The maximum absolute atomic E-state index is 12.4. The van der Waals surface area contributed by atoms with E-state index in [2.05, 4.69) is 4.72 Å². The molecule has 1 unspecified atom stereocenters. The van der Waals surface area contributed by atoms with Crippen LogP contribution in [-0.4, -0.2) is 30.4 Å². The lowest BCUT2D eigenvalue weighted by molar-refractivity contribution is -0.385. The van der Waals surface area contributed by atoms with Crippen molar-refractivity contribution in [2.45, 2.75) is 16.9 Å². The lowest BCUT2D eigenvalue weighted by Gasteiger charge is -2.21. The van der Waals surface area contributed by atoms with Crippen LogP contribution in [0.3, 0.4) is 0 Å². The second-order valence-corrected chi connectivity index (χ2v) is 7.64. The van der Waals surface area contributed by atoms with Gasteiger partial charge in [-0.15, -0.1) is 0 Å². The molecule has 1 heterocycles. The summed E-state index contributed by atoms with van der Waals surface area (Å²) in [6.07, 6.45) is 0.375. The van der Waals surface area contributed by atoms with Crippen LogP contribution in [0.15, 0.2) is 23.1 Å². The summed E-state index contributed by atoms with van der Waals surface area (Å²) in [4.78, 5) is 9.64. The summed E-state index contributed by atoms with van der Waals surface area (Å²) in [6, 6.07) is 5.13. The Morgan fingerprint density at radius 3 is 2.76 bits per heavy atom.